The van der Waals surface area contributed by atoms with E-state index in [2.05, 4.69) is 29.4 Å². The van der Waals surface area contributed by atoms with Gasteiger partial charge in [0.1, 0.15) is 0 Å². The van der Waals surface area contributed by atoms with Crippen molar-refractivity contribution in [3.8, 4) is 0 Å². The Morgan fingerprint density at radius 1 is 1.36 bits per heavy atom. The van der Waals surface area contributed by atoms with Gasteiger partial charge in [0.15, 0.2) is 0 Å². The summed E-state index contributed by atoms with van der Waals surface area (Å²) in [7, 11) is 1.93. The second kappa shape index (κ2) is 3.49. The minimum absolute atomic E-state index is 0.848. The highest BCUT2D eigenvalue weighted by Gasteiger charge is 1.95. The van der Waals surface area contributed by atoms with Crippen LogP contribution in [0.3, 0.4) is 0 Å². The van der Waals surface area contributed by atoms with Crippen molar-refractivity contribution in [3.63, 3.8) is 0 Å². The fourth-order valence-corrected chi connectivity index (χ4v) is 0.962. The second-order valence-electron chi connectivity index (χ2n) is 2.74. The standard InChI is InChI=1S/C9H14N2/c1-7-4-5-9(6-10-3)11-8(7)2/h4-5,10H,6H2,1-3H3. The Morgan fingerprint density at radius 3 is 2.64 bits per heavy atom. The van der Waals surface area contributed by atoms with Crippen LogP contribution in [0.2, 0.25) is 0 Å². The molecule has 2 nitrogen and oxygen atoms in total. The smallest absolute Gasteiger partial charge is 0.0544 e. The lowest BCUT2D eigenvalue weighted by molar-refractivity contribution is 0.785. The van der Waals surface area contributed by atoms with Gasteiger partial charge >= 0.3 is 0 Å². The quantitative estimate of drug-likeness (QED) is 0.689. The number of nitrogens with zero attached hydrogens (tertiary/aromatic N) is 1. The van der Waals surface area contributed by atoms with Crippen molar-refractivity contribution < 1.29 is 0 Å². The van der Waals surface area contributed by atoms with Crippen molar-refractivity contribution in [2.75, 3.05) is 7.05 Å². The van der Waals surface area contributed by atoms with Crippen LogP contribution in [0.15, 0.2) is 12.1 Å². The van der Waals surface area contributed by atoms with Crippen LogP contribution >= 0.6 is 0 Å². The van der Waals surface area contributed by atoms with Crippen molar-refractivity contribution in [3.05, 3.63) is 29.1 Å². The molecule has 60 valence electrons. The molecule has 0 aliphatic heterocycles. The molecule has 0 unspecified atom stereocenters. The number of rotatable bonds is 2. The summed E-state index contributed by atoms with van der Waals surface area (Å²) in [5.41, 5.74) is 3.48. The average Bonchev–Trinajstić information content (AvgIpc) is 1.98. The number of aryl methyl sites for hydroxylation is 2. The van der Waals surface area contributed by atoms with Crippen LogP contribution in [-0.2, 0) is 6.54 Å². The zero-order chi connectivity index (χ0) is 8.27. The molecule has 0 aliphatic rings. The minimum Gasteiger partial charge on any atom is -0.314 e. The predicted molar refractivity (Wildman–Crippen MR) is 46.5 cm³/mol. The van der Waals surface area contributed by atoms with Crippen LogP contribution in [-0.4, -0.2) is 12.0 Å². The summed E-state index contributed by atoms with van der Waals surface area (Å²) in [4.78, 5) is 4.40. The third kappa shape index (κ3) is 2.02. The number of hydrogen-bond acceptors (Lipinski definition) is 2. The van der Waals surface area contributed by atoms with Crippen molar-refractivity contribution in [2.45, 2.75) is 20.4 Å². The van der Waals surface area contributed by atoms with Crippen LogP contribution in [0.4, 0.5) is 0 Å². The summed E-state index contributed by atoms with van der Waals surface area (Å²) in [6.07, 6.45) is 0. The van der Waals surface area contributed by atoms with Crippen molar-refractivity contribution in [2.24, 2.45) is 0 Å². The van der Waals surface area contributed by atoms with Crippen molar-refractivity contribution in [1.29, 1.82) is 0 Å². The topological polar surface area (TPSA) is 24.9 Å². The Balaban J connectivity index is 2.86. The highest BCUT2D eigenvalue weighted by atomic mass is 14.8. The first-order valence-corrected chi connectivity index (χ1v) is 3.82. The summed E-state index contributed by atoms with van der Waals surface area (Å²) in [6, 6.07) is 4.16. The van der Waals surface area contributed by atoms with E-state index in [-0.39, 0.29) is 0 Å². The molecule has 11 heavy (non-hydrogen) atoms. The van der Waals surface area contributed by atoms with Crippen LogP contribution < -0.4 is 5.32 Å². The maximum Gasteiger partial charge on any atom is 0.0544 e. The molecule has 1 N–H and O–H groups in total. The lowest BCUT2D eigenvalue weighted by atomic mass is 10.2. The Labute approximate surface area is 67.7 Å². The predicted octanol–water partition coefficient (Wildman–Crippen LogP) is 1.42. The van der Waals surface area contributed by atoms with E-state index in [1.165, 1.54) is 5.56 Å². The van der Waals surface area contributed by atoms with E-state index in [1.807, 2.05) is 14.0 Å². The van der Waals surface area contributed by atoms with Crippen molar-refractivity contribution in [1.82, 2.24) is 10.3 Å². The van der Waals surface area contributed by atoms with E-state index >= 15 is 0 Å². The van der Waals surface area contributed by atoms with Crippen LogP contribution in [0.25, 0.3) is 0 Å². The van der Waals surface area contributed by atoms with Gasteiger partial charge in [0.05, 0.1) is 5.69 Å². The van der Waals surface area contributed by atoms with Gasteiger partial charge in [-0.2, -0.15) is 0 Å². The molecule has 0 bridgehead atoms. The van der Waals surface area contributed by atoms with E-state index in [9.17, 15) is 0 Å². The third-order valence-electron chi connectivity index (χ3n) is 1.77. The Morgan fingerprint density at radius 2 is 2.09 bits per heavy atom. The fraction of sp³-hybridized carbons (Fsp3) is 0.444. The molecule has 0 amide bonds. The summed E-state index contributed by atoms with van der Waals surface area (Å²) in [5.74, 6) is 0. The maximum atomic E-state index is 4.40. The highest BCUT2D eigenvalue weighted by molar-refractivity contribution is 5.20. The molecule has 1 rings (SSSR count). The molecule has 1 aromatic heterocycles. The molecule has 0 aliphatic carbocycles. The van der Waals surface area contributed by atoms with E-state index in [0.717, 1.165) is 17.9 Å². The van der Waals surface area contributed by atoms with Crippen LogP contribution in [0.5, 0.6) is 0 Å². The Bertz CT molecular complexity index is 243. The molecule has 0 radical (unpaired) electrons. The van der Waals surface area contributed by atoms with E-state index in [1.54, 1.807) is 0 Å². The molecule has 0 saturated carbocycles. The molecule has 0 atom stereocenters. The van der Waals surface area contributed by atoms with Gasteiger partial charge in [0.2, 0.25) is 0 Å². The Hall–Kier alpha value is -0.890. The third-order valence-corrected chi connectivity index (χ3v) is 1.77. The van der Waals surface area contributed by atoms with Crippen LogP contribution in [0.1, 0.15) is 17.0 Å². The summed E-state index contributed by atoms with van der Waals surface area (Å²) in [5, 5.41) is 3.07. The number of aromatic nitrogens is 1. The zero-order valence-corrected chi connectivity index (χ0v) is 7.31. The van der Waals surface area contributed by atoms with Gasteiger partial charge in [-0.15, -0.1) is 0 Å². The molecule has 1 aromatic rings. The highest BCUT2D eigenvalue weighted by Crippen LogP contribution is 2.04. The van der Waals surface area contributed by atoms with Crippen molar-refractivity contribution >= 4 is 0 Å². The van der Waals surface area contributed by atoms with Gasteiger partial charge < -0.3 is 5.32 Å². The molecule has 0 spiro atoms. The Kier molecular flexibility index (Phi) is 2.60. The monoisotopic (exact) mass is 150 g/mol. The number of hydrogen-bond donors (Lipinski definition) is 1. The molecule has 2 heteroatoms. The first-order chi connectivity index (χ1) is 5.24. The zero-order valence-electron chi connectivity index (χ0n) is 7.31. The van der Waals surface area contributed by atoms with E-state index in [0.29, 0.717) is 0 Å². The molecule has 0 fully saturated rings. The normalized spacial score (nSPS) is 10.1. The SMILES string of the molecule is CNCc1ccc(C)c(C)n1. The maximum absolute atomic E-state index is 4.40. The van der Waals surface area contributed by atoms with E-state index < -0.39 is 0 Å². The molecule has 0 aromatic carbocycles. The number of nitrogens with one attached hydrogen (secondary N) is 1. The van der Waals surface area contributed by atoms with Gasteiger partial charge in [-0.25, -0.2) is 0 Å². The molecular weight excluding hydrogens is 136 g/mol. The summed E-state index contributed by atoms with van der Waals surface area (Å²) < 4.78 is 0. The van der Waals surface area contributed by atoms with Gasteiger partial charge in [-0.05, 0) is 32.5 Å². The second-order valence-corrected chi connectivity index (χ2v) is 2.74. The lowest BCUT2D eigenvalue weighted by Crippen LogP contribution is -2.07. The molecule has 1 heterocycles. The van der Waals surface area contributed by atoms with Gasteiger partial charge in [0.25, 0.3) is 0 Å². The first kappa shape index (κ1) is 8.21. The average molecular weight is 150 g/mol. The molecule has 0 saturated heterocycles. The number of pyridine rings is 1. The minimum atomic E-state index is 0.848. The van der Waals surface area contributed by atoms with Crippen LogP contribution in [0, 0.1) is 13.8 Å². The summed E-state index contributed by atoms with van der Waals surface area (Å²) >= 11 is 0. The largest absolute Gasteiger partial charge is 0.314 e. The van der Waals surface area contributed by atoms with Gasteiger partial charge in [0, 0.05) is 12.2 Å². The molecular formula is C9H14N2. The fourth-order valence-electron chi connectivity index (χ4n) is 0.962. The lowest BCUT2D eigenvalue weighted by Gasteiger charge is -2.02. The summed E-state index contributed by atoms with van der Waals surface area (Å²) in [6.45, 7) is 4.96. The van der Waals surface area contributed by atoms with Gasteiger partial charge in [-0.1, -0.05) is 6.07 Å². The van der Waals surface area contributed by atoms with Gasteiger partial charge in [-0.3, -0.25) is 4.98 Å². The first-order valence-electron chi connectivity index (χ1n) is 3.82. The van der Waals surface area contributed by atoms with E-state index in [4.69, 9.17) is 0 Å².